The lowest BCUT2D eigenvalue weighted by Crippen LogP contribution is -2.39. The van der Waals surface area contributed by atoms with Gasteiger partial charge in [-0.1, -0.05) is 17.4 Å². The molecule has 0 N–H and O–H groups in total. The smallest absolute Gasteiger partial charge is 0.337 e. The van der Waals surface area contributed by atoms with Gasteiger partial charge in [0.2, 0.25) is 0 Å². The molecule has 1 aromatic carbocycles. The number of esters is 1. The van der Waals surface area contributed by atoms with Crippen LogP contribution in [0.1, 0.15) is 31.0 Å². The first-order valence-corrected chi connectivity index (χ1v) is 11.3. The zero-order chi connectivity index (χ0) is 23.4. The van der Waals surface area contributed by atoms with Gasteiger partial charge in [-0.25, -0.2) is 9.79 Å². The Morgan fingerprint density at radius 3 is 2.55 bits per heavy atom. The zero-order valence-electron chi connectivity index (χ0n) is 18.5. The Morgan fingerprint density at radius 2 is 1.85 bits per heavy atom. The highest BCUT2D eigenvalue weighted by molar-refractivity contribution is 7.07. The van der Waals surface area contributed by atoms with Crippen molar-refractivity contribution < 1.29 is 19.0 Å². The normalized spacial score (nSPS) is 15.3. The molecule has 0 saturated carbocycles. The van der Waals surface area contributed by atoms with E-state index in [9.17, 15) is 9.59 Å². The highest BCUT2D eigenvalue weighted by atomic mass is 32.1. The molecule has 4 rings (SSSR count). The standard InChI is InChI=1S/C24H23N3O5S/c1-4-31-18-7-6-16(13-19(18)32-5-2)21-17(23(29)30-3)14-26-24-27(21)22(28)20(33-24)12-15-8-10-25-11-9-15/h6-14,21H,4-5H2,1-3H3/b20-12-/t21-/m1/s1. The zero-order valence-corrected chi connectivity index (χ0v) is 19.3. The van der Waals surface area contributed by atoms with Crippen LogP contribution in [0.2, 0.25) is 0 Å². The fourth-order valence-corrected chi connectivity index (χ4v) is 4.57. The number of thiazole rings is 1. The van der Waals surface area contributed by atoms with Crippen molar-refractivity contribution in [1.82, 2.24) is 9.55 Å². The van der Waals surface area contributed by atoms with Crippen molar-refractivity contribution in [2.24, 2.45) is 4.99 Å². The van der Waals surface area contributed by atoms with Gasteiger partial charge in [-0.3, -0.25) is 14.3 Å². The fourth-order valence-electron chi connectivity index (χ4n) is 3.60. The molecule has 1 aliphatic heterocycles. The molecule has 9 heteroatoms. The number of benzene rings is 1. The van der Waals surface area contributed by atoms with Gasteiger partial charge in [0.25, 0.3) is 5.56 Å². The molecule has 3 heterocycles. The van der Waals surface area contributed by atoms with Gasteiger partial charge < -0.3 is 14.2 Å². The Morgan fingerprint density at radius 1 is 1.12 bits per heavy atom. The summed E-state index contributed by atoms with van der Waals surface area (Å²) >= 11 is 1.26. The number of aromatic nitrogens is 2. The van der Waals surface area contributed by atoms with Gasteiger partial charge in [-0.15, -0.1) is 0 Å². The van der Waals surface area contributed by atoms with Gasteiger partial charge in [0.1, 0.15) is 0 Å². The first-order chi connectivity index (χ1) is 16.1. The van der Waals surface area contributed by atoms with E-state index in [1.807, 2.05) is 32.0 Å². The number of nitrogens with zero attached hydrogens (tertiary/aromatic N) is 3. The maximum atomic E-state index is 13.5. The summed E-state index contributed by atoms with van der Waals surface area (Å²) in [7, 11) is 1.30. The molecule has 1 aliphatic rings. The predicted molar refractivity (Wildman–Crippen MR) is 124 cm³/mol. The molecule has 170 valence electrons. The Balaban J connectivity index is 1.91. The molecule has 0 bridgehead atoms. The fraction of sp³-hybridized carbons (Fsp3) is 0.250. The third-order valence-electron chi connectivity index (χ3n) is 5.01. The largest absolute Gasteiger partial charge is 0.490 e. The maximum Gasteiger partial charge on any atom is 0.337 e. The third-order valence-corrected chi connectivity index (χ3v) is 6.01. The van der Waals surface area contributed by atoms with E-state index in [1.54, 1.807) is 30.6 Å². The van der Waals surface area contributed by atoms with Crippen LogP contribution in [0, 0.1) is 0 Å². The van der Waals surface area contributed by atoms with E-state index >= 15 is 0 Å². The second kappa shape index (κ2) is 9.83. The van der Waals surface area contributed by atoms with Gasteiger partial charge in [0.05, 0.1) is 36.5 Å². The monoisotopic (exact) mass is 465 g/mol. The number of pyridine rings is 1. The Bertz CT molecular complexity index is 1380. The Labute approximate surface area is 194 Å². The van der Waals surface area contributed by atoms with Crippen LogP contribution < -0.4 is 24.4 Å². The van der Waals surface area contributed by atoms with Crippen LogP contribution in [0.15, 0.2) is 64.3 Å². The van der Waals surface area contributed by atoms with Crippen LogP contribution >= 0.6 is 11.3 Å². The maximum absolute atomic E-state index is 13.5. The Hall–Kier alpha value is -3.72. The number of hydrogen-bond donors (Lipinski definition) is 0. The molecule has 0 spiro atoms. The summed E-state index contributed by atoms with van der Waals surface area (Å²) in [6.45, 7) is 4.70. The summed E-state index contributed by atoms with van der Waals surface area (Å²) in [4.78, 5) is 35.0. The van der Waals surface area contributed by atoms with Crippen molar-refractivity contribution in [2.45, 2.75) is 19.9 Å². The average molecular weight is 466 g/mol. The second-order valence-electron chi connectivity index (χ2n) is 7.03. The van der Waals surface area contributed by atoms with E-state index in [-0.39, 0.29) is 11.1 Å². The summed E-state index contributed by atoms with van der Waals surface area (Å²) < 4.78 is 18.4. The second-order valence-corrected chi connectivity index (χ2v) is 8.04. The van der Waals surface area contributed by atoms with Crippen LogP contribution in [0.5, 0.6) is 11.5 Å². The molecular formula is C24H23N3O5S. The first kappa shape index (κ1) is 22.5. The van der Waals surface area contributed by atoms with Gasteiger partial charge in [-0.05, 0) is 55.3 Å². The van der Waals surface area contributed by atoms with Crippen LogP contribution in [-0.4, -0.2) is 35.8 Å². The van der Waals surface area contributed by atoms with E-state index in [0.29, 0.717) is 39.6 Å². The van der Waals surface area contributed by atoms with Gasteiger partial charge in [0.15, 0.2) is 16.3 Å². The molecule has 1 atom stereocenters. The molecule has 8 nitrogen and oxygen atoms in total. The van der Waals surface area contributed by atoms with Crippen molar-refractivity contribution >= 4 is 23.4 Å². The van der Waals surface area contributed by atoms with Gasteiger partial charge in [-0.2, -0.15) is 0 Å². The molecule has 0 aliphatic carbocycles. The van der Waals surface area contributed by atoms with E-state index in [0.717, 1.165) is 5.56 Å². The molecule has 0 radical (unpaired) electrons. The van der Waals surface area contributed by atoms with Crippen molar-refractivity contribution in [1.29, 1.82) is 0 Å². The predicted octanol–water partition coefficient (Wildman–Crippen LogP) is 2.21. The number of carbonyl (C=O) groups excluding carboxylic acids is 1. The van der Waals surface area contributed by atoms with E-state index < -0.39 is 12.0 Å². The van der Waals surface area contributed by atoms with Gasteiger partial charge >= 0.3 is 5.97 Å². The van der Waals surface area contributed by atoms with E-state index in [1.165, 1.54) is 29.2 Å². The first-order valence-electron chi connectivity index (χ1n) is 10.5. The molecule has 3 aromatic rings. The molecular weight excluding hydrogens is 442 g/mol. The summed E-state index contributed by atoms with van der Waals surface area (Å²) in [5, 5.41) is 0. The minimum Gasteiger partial charge on any atom is -0.490 e. The number of ether oxygens (including phenoxy) is 3. The minimum absolute atomic E-state index is 0.248. The van der Waals surface area contributed by atoms with Gasteiger partial charge in [0, 0.05) is 18.6 Å². The van der Waals surface area contributed by atoms with Crippen LogP contribution in [0.4, 0.5) is 0 Å². The quantitative estimate of drug-likeness (QED) is 0.497. The lowest BCUT2D eigenvalue weighted by molar-refractivity contribution is -0.136. The molecule has 33 heavy (non-hydrogen) atoms. The number of rotatable bonds is 7. The Kier molecular flexibility index (Phi) is 6.69. The molecule has 0 unspecified atom stereocenters. The third kappa shape index (κ3) is 4.45. The van der Waals surface area contributed by atoms with Crippen LogP contribution in [0.3, 0.4) is 0 Å². The van der Waals surface area contributed by atoms with Crippen molar-refractivity contribution in [3.05, 3.63) is 85.3 Å². The summed E-state index contributed by atoms with van der Waals surface area (Å²) in [5.41, 5.74) is 1.54. The van der Waals surface area contributed by atoms with E-state index in [4.69, 9.17) is 14.2 Å². The lowest BCUT2D eigenvalue weighted by Gasteiger charge is -2.23. The summed E-state index contributed by atoms with van der Waals surface area (Å²) in [6, 6.07) is 8.31. The van der Waals surface area contributed by atoms with Crippen LogP contribution in [0.25, 0.3) is 6.08 Å². The summed E-state index contributed by atoms with van der Waals surface area (Å²) in [6.07, 6.45) is 6.58. The van der Waals surface area contributed by atoms with Crippen molar-refractivity contribution in [2.75, 3.05) is 20.3 Å². The lowest BCUT2D eigenvalue weighted by atomic mass is 9.97. The number of methoxy groups -OCH3 is 1. The number of fused-ring (bicyclic) bond motifs is 1. The number of carbonyl (C=O) groups is 1. The molecule has 0 saturated heterocycles. The minimum atomic E-state index is -0.719. The van der Waals surface area contributed by atoms with Crippen molar-refractivity contribution in [3.8, 4) is 11.5 Å². The van der Waals surface area contributed by atoms with E-state index in [2.05, 4.69) is 9.98 Å². The topological polar surface area (TPSA) is 92.0 Å². The summed E-state index contributed by atoms with van der Waals surface area (Å²) in [5.74, 6) is 0.577. The average Bonchev–Trinajstić information content (AvgIpc) is 3.15. The highest BCUT2D eigenvalue weighted by Gasteiger charge is 2.31. The molecule has 2 aromatic heterocycles. The highest BCUT2D eigenvalue weighted by Crippen LogP contribution is 2.35. The van der Waals surface area contributed by atoms with Crippen molar-refractivity contribution in [3.63, 3.8) is 0 Å². The SMILES string of the molecule is CCOc1ccc([C@@H]2C(C(=O)OC)=CN=c3s/c(=C\c4ccncc4)c(=O)n32)cc1OCC. The van der Waals surface area contributed by atoms with Crippen LogP contribution in [-0.2, 0) is 9.53 Å². The number of hydrogen-bond acceptors (Lipinski definition) is 8. The molecule has 0 fully saturated rings. The molecule has 0 amide bonds.